The molecule has 2 aromatic heterocycles. The highest BCUT2D eigenvalue weighted by atomic mass is 19.1. The summed E-state index contributed by atoms with van der Waals surface area (Å²) in [7, 11) is 0. The van der Waals surface area contributed by atoms with E-state index in [0.717, 1.165) is 5.52 Å². The first kappa shape index (κ1) is 9.71. The first-order valence-electron chi connectivity index (χ1n) is 4.95. The molecule has 84 valence electrons. The summed E-state index contributed by atoms with van der Waals surface area (Å²) in [5.74, 6) is 0.150. The maximum atomic E-state index is 13.0. The second-order valence-corrected chi connectivity index (χ2v) is 3.58. The molecule has 0 aliphatic heterocycles. The van der Waals surface area contributed by atoms with E-state index in [2.05, 4.69) is 19.9 Å². The first-order chi connectivity index (χ1) is 8.24. The lowest BCUT2D eigenvalue weighted by Gasteiger charge is -1.99. The largest absolute Gasteiger partial charge is 0.396 e. The Kier molecular flexibility index (Phi) is 2.01. The van der Waals surface area contributed by atoms with Crippen LogP contribution in [0.15, 0.2) is 30.7 Å². The van der Waals surface area contributed by atoms with Crippen LogP contribution in [0, 0.1) is 5.82 Å². The number of fused-ring (bicyclic) bond motifs is 1. The fraction of sp³-hybridized carbons (Fsp3) is 0. The summed E-state index contributed by atoms with van der Waals surface area (Å²) in [4.78, 5) is 15.2. The molecular weight excluding hydrogens is 221 g/mol. The number of imidazole rings is 1. The zero-order chi connectivity index (χ0) is 11.8. The molecule has 0 spiro atoms. The second-order valence-electron chi connectivity index (χ2n) is 3.58. The van der Waals surface area contributed by atoms with Gasteiger partial charge in [0.25, 0.3) is 0 Å². The summed E-state index contributed by atoms with van der Waals surface area (Å²) in [5.41, 5.74) is 7.60. The number of H-pyrrole nitrogens is 1. The third-order valence-electron chi connectivity index (χ3n) is 2.43. The Morgan fingerprint density at radius 1 is 1.29 bits per heavy atom. The quantitative estimate of drug-likeness (QED) is 0.623. The SMILES string of the molecule is Nc1cc(-c2nc3ncncc3[nH]2)ccc1F. The standard InChI is InChI=1S/C11H8FN5/c12-7-2-1-6(3-8(7)13)10-16-9-4-14-5-15-11(9)17-10/h1-5H,13H2,(H,14,15,16,17). The van der Waals surface area contributed by atoms with Crippen LogP contribution in [-0.4, -0.2) is 19.9 Å². The monoisotopic (exact) mass is 229 g/mol. The highest BCUT2D eigenvalue weighted by Gasteiger charge is 2.07. The molecule has 5 nitrogen and oxygen atoms in total. The molecule has 0 unspecified atom stereocenters. The van der Waals surface area contributed by atoms with E-state index in [1.807, 2.05) is 0 Å². The van der Waals surface area contributed by atoms with Gasteiger partial charge in [-0.25, -0.2) is 19.3 Å². The Balaban J connectivity index is 2.17. The van der Waals surface area contributed by atoms with E-state index in [-0.39, 0.29) is 5.69 Å². The number of rotatable bonds is 1. The van der Waals surface area contributed by atoms with Crippen LogP contribution >= 0.6 is 0 Å². The zero-order valence-electron chi connectivity index (χ0n) is 8.68. The maximum Gasteiger partial charge on any atom is 0.181 e. The number of halogens is 1. The molecule has 0 saturated heterocycles. The van der Waals surface area contributed by atoms with Gasteiger partial charge < -0.3 is 10.7 Å². The van der Waals surface area contributed by atoms with E-state index in [9.17, 15) is 4.39 Å². The summed E-state index contributed by atoms with van der Waals surface area (Å²) in [6.07, 6.45) is 3.05. The summed E-state index contributed by atoms with van der Waals surface area (Å²) < 4.78 is 13.0. The Bertz CT molecular complexity index is 658. The van der Waals surface area contributed by atoms with Crippen molar-refractivity contribution in [3.05, 3.63) is 36.5 Å². The topological polar surface area (TPSA) is 80.5 Å². The van der Waals surface area contributed by atoms with Crippen molar-refractivity contribution in [2.24, 2.45) is 0 Å². The Morgan fingerprint density at radius 3 is 2.94 bits per heavy atom. The van der Waals surface area contributed by atoms with Gasteiger partial charge in [0.1, 0.15) is 23.5 Å². The number of hydrogen-bond acceptors (Lipinski definition) is 4. The van der Waals surface area contributed by atoms with Gasteiger partial charge in [-0.05, 0) is 18.2 Å². The predicted molar refractivity (Wildman–Crippen MR) is 61.5 cm³/mol. The molecule has 0 aliphatic rings. The molecule has 0 amide bonds. The van der Waals surface area contributed by atoms with E-state index in [4.69, 9.17) is 5.73 Å². The Morgan fingerprint density at radius 2 is 2.18 bits per heavy atom. The lowest BCUT2D eigenvalue weighted by Crippen LogP contribution is -1.91. The van der Waals surface area contributed by atoms with Crippen molar-refractivity contribution < 1.29 is 4.39 Å². The smallest absolute Gasteiger partial charge is 0.181 e. The lowest BCUT2D eigenvalue weighted by atomic mass is 10.2. The minimum absolute atomic E-state index is 0.0917. The normalized spacial score (nSPS) is 10.9. The van der Waals surface area contributed by atoms with Crippen LogP contribution in [0.1, 0.15) is 0 Å². The molecule has 0 aliphatic carbocycles. The number of benzene rings is 1. The number of nitrogen functional groups attached to an aromatic ring is 1. The van der Waals surface area contributed by atoms with Gasteiger partial charge in [-0.2, -0.15) is 0 Å². The minimum atomic E-state index is -0.440. The third kappa shape index (κ3) is 1.59. The molecule has 0 saturated carbocycles. The first-order valence-corrected chi connectivity index (χ1v) is 4.95. The van der Waals surface area contributed by atoms with Crippen molar-refractivity contribution in [1.29, 1.82) is 0 Å². The number of aromatic nitrogens is 4. The molecule has 0 fully saturated rings. The van der Waals surface area contributed by atoms with E-state index in [1.165, 1.54) is 18.5 Å². The fourth-order valence-corrected chi connectivity index (χ4v) is 1.59. The number of aromatic amines is 1. The van der Waals surface area contributed by atoms with E-state index in [1.54, 1.807) is 12.3 Å². The van der Waals surface area contributed by atoms with Crippen LogP contribution in [0.3, 0.4) is 0 Å². The zero-order valence-corrected chi connectivity index (χ0v) is 8.68. The Labute approximate surface area is 95.5 Å². The Hall–Kier alpha value is -2.50. The van der Waals surface area contributed by atoms with Crippen LogP contribution in [0.4, 0.5) is 10.1 Å². The van der Waals surface area contributed by atoms with Gasteiger partial charge in [-0.15, -0.1) is 0 Å². The van der Waals surface area contributed by atoms with Gasteiger partial charge in [0.05, 0.1) is 11.9 Å². The van der Waals surface area contributed by atoms with Gasteiger partial charge in [0, 0.05) is 5.56 Å². The molecule has 0 radical (unpaired) electrons. The molecular formula is C11H8FN5. The third-order valence-corrected chi connectivity index (χ3v) is 2.43. The predicted octanol–water partition coefficient (Wildman–Crippen LogP) is 1.74. The highest BCUT2D eigenvalue weighted by Crippen LogP contribution is 2.22. The van der Waals surface area contributed by atoms with Gasteiger partial charge in [-0.3, -0.25) is 0 Å². The van der Waals surface area contributed by atoms with Crippen molar-refractivity contribution in [1.82, 2.24) is 19.9 Å². The van der Waals surface area contributed by atoms with Crippen molar-refractivity contribution in [2.75, 3.05) is 5.73 Å². The van der Waals surface area contributed by atoms with Crippen LogP contribution in [0.2, 0.25) is 0 Å². The highest BCUT2D eigenvalue weighted by molar-refractivity contribution is 5.75. The van der Waals surface area contributed by atoms with E-state index < -0.39 is 5.82 Å². The second kappa shape index (κ2) is 3.51. The average Bonchev–Trinajstić information content (AvgIpc) is 2.76. The molecule has 3 N–H and O–H groups in total. The van der Waals surface area contributed by atoms with Crippen molar-refractivity contribution in [3.63, 3.8) is 0 Å². The molecule has 17 heavy (non-hydrogen) atoms. The van der Waals surface area contributed by atoms with Crippen molar-refractivity contribution >= 4 is 16.9 Å². The number of hydrogen-bond donors (Lipinski definition) is 2. The van der Waals surface area contributed by atoms with Crippen LogP contribution < -0.4 is 5.73 Å². The van der Waals surface area contributed by atoms with Gasteiger partial charge in [0.2, 0.25) is 0 Å². The maximum absolute atomic E-state index is 13.0. The summed E-state index contributed by atoms with van der Waals surface area (Å²) >= 11 is 0. The van der Waals surface area contributed by atoms with Crippen LogP contribution in [-0.2, 0) is 0 Å². The lowest BCUT2D eigenvalue weighted by molar-refractivity contribution is 0.632. The van der Waals surface area contributed by atoms with Crippen LogP contribution in [0.25, 0.3) is 22.6 Å². The molecule has 2 heterocycles. The fourth-order valence-electron chi connectivity index (χ4n) is 1.59. The van der Waals surface area contributed by atoms with E-state index >= 15 is 0 Å². The number of nitrogens with two attached hydrogens (primary N) is 1. The van der Waals surface area contributed by atoms with Gasteiger partial charge >= 0.3 is 0 Å². The summed E-state index contributed by atoms with van der Waals surface area (Å²) in [5, 5.41) is 0. The summed E-state index contributed by atoms with van der Waals surface area (Å²) in [6, 6.07) is 4.45. The molecule has 0 atom stereocenters. The molecule has 6 heteroatoms. The minimum Gasteiger partial charge on any atom is -0.396 e. The average molecular weight is 229 g/mol. The van der Waals surface area contributed by atoms with Crippen molar-refractivity contribution in [3.8, 4) is 11.4 Å². The van der Waals surface area contributed by atoms with Gasteiger partial charge in [0.15, 0.2) is 5.65 Å². The van der Waals surface area contributed by atoms with Crippen molar-refractivity contribution in [2.45, 2.75) is 0 Å². The number of nitrogens with zero attached hydrogens (tertiary/aromatic N) is 3. The molecule has 3 aromatic rings. The van der Waals surface area contributed by atoms with Gasteiger partial charge in [-0.1, -0.05) is 0 Å². The summed E-state index contributed by atoms with van der Waals surface area (Å²) in [6.45, 7) is 0. The number of nitrogens with one attached hydrogen (secondary N) is 1. The van der Waals surface area contributed by atoms with E-state index in [0.29, 0.717) is 17.0 Å². The molecule has 0 bridgehead atoms. The number of anilines is 1. The molecule has 1 aromatic carbocycles. The van der Waals surface area contributed by atoms with Crippen LogP contribution in [0.5, 0.6) is 0 Å². The molecule has 3 rings (SSSR count).